The van der Waals surface area contributed by atoms with E-state index in [0.29, 0.717) is 0 Å². The third kappa shape index (κ3) is 1.16. The number of fused-ring (bicyclic) bond motifs is 1. The summed E-state index contributed by atoms with van der Waals surface area (Å²) in [6.45, 7) is 1.93. The topological polar surface area (TPSA) is 25.8 Å². The standard InChI is InChI=1S/C10H9N2/c1-2-10-11-7-8-5-3-4-6-9(8)12-10/h2-7H,1H3. The van der Waals surface area contributed by atoms with Crippen molar-refractivity contribution in [3.63, 3.8) is 0 Å². The van der Waals surface area contributed by atoms with E-state index in [4.69, 9.17) is 0 Å². The van der Waals surface area contributed by atoms with Crippen molar-refractivity contribution in [2.24, 2.45) is 0 Å². The Hall–Kier alpha value is -1.44. The lowest BCUT2D eigenvalue weighted by atomic mass is 10.2. The van der Waals surface area contributed by atoms with Gasteiger partial charge in [-0.15, -0.1) is 0 Å². The summed E-state index contributed by atoms with van der Waals surface area (Å²) in [5.41, 5.74) is 1.00. The molecule has 0 saturated carbocycles. The van der Waals surface area contributed by atoms with Crippen LogP contribution < -0.4 is 0 Å². The van der Waals surface area contributed by atoms with E-state index in [1.807, 2.05) is 43.8 Å². The second kappa shape index (κ2) is 2.89. The van der Waals surface area contributed by atoms with E-state index in [0.717, 1.165) is 16.7 Å². The molecule has 0 unspecified atom stereocenters. The smallest absolute Gasteiger partial charge is 0.132 e. The molecule has 59 valence electrons. The van der Waals surface area contributed by atoms with Gasteiger partial charge in [-0.05, 0) is 6.07 Å². The average molecular weight is 157 g/mol. The Morgan fingerprint density at radius 3 is 2.92 bits per heavy atom. The van der Waals surface area contributed by atoms with E-state index in [-0.39, 0.29) is 0 Å². The predicted octanol–water partition coefficient (Wildman–Crippen LogP) is 2.20. The lowest BCUT2D eigenvalue weighted by molar-refractivity contribution is 1.10. The summed E-state index contributed by atoms with van der Waals surface area (Å²) in [5.74, 6) is 0.786. The summed E-state index contributed by atoms with van der Waals surface area (Å²) >= 11 is 0. The second-order valence-electron chi connectivity index (χ2n) is 2.58. The van der Waals surface area contributed by atoms with Gasteiger partial charge >= 0.3 is 0 Å². The molecule has 0 spiro atoms. The van der Waals surface area contributed by atoms with Gasteiger partial charge in [0.1, 0.15) is 5.82 Å². The highest BCUT2D eigenvalue weighted by atomic mass is 14.9. The van der Waals surface area contributed by atoms with Gasteiger partial charge < -0.3 is 0 Å². The summed E-state index contributed by atoms with van der Waals surface area (Å²) in [7, 11) is 0. The van der Waals surface area contributed by atoms with Crippen LogP contribution in [-0.4, -0.2) is 9.97 Å². The second-order valence-corrected chi connectivity index (χ2v) is 2.58. The van der Waals surface area contributed by atoms with Crippen LogP contribution in [0.4, 0.5) is 0 Å². The maximum absolute atomic E-state index is 4.33. The summed E-state index contributed by atoms with van der Waals surface area (Å²) in [5, 5.41) is 1.09. The van der Waals surface area contributed by atoms with Crippen molar-refractivity contribution in [1.82, 2.24) is 9.97 Å². The fourth-order valence-electron chi connectivity index (χ4n) is 1.13. The number of aromatic nitrogens is 2. The van der Waals surface area contributed by atoms with Crippen molar-refractivity contribution in [3.8, 4) is 0 Å². The maximum atomic E-state index is 4.33. The first-order valence-corrected chi connectivity index (χ1v) is 3.91. The van der Waals surface area contributed by atoms with Gasteiger partial charge in [0.15, 0.2) is 0 Å². The van der Waals surface area contributed by atoms with Gasteiger partial charge in [-0.25, -0.2) is 9.97 Å². The number of rotatable bonds is 1. The van der Waals surface area contributed by atoms with Crippen LogP contribution in [0.15, 0.2) is 30.5 Å². The van der Waals surface area contributed by atoms with E-state index < -0.39 is 0 Å². The first kappa shape index (κ1) is 7.22. The molecule has 0 aliphatic heterocycles. The maximum Gasteiger partial charge on any atom is 0.132 e. The van der Waals surface area contributed by atoms with Crippen LogP contribution in [0.25, 0.3) is 10.9 Å². The Labute approximate surface area is 71.3 Å². The molecular weight excluding hydrogens is 148 g/mol. The zero-order valence-electron chi connectivity index (χ0n) is 6.86. The Morgan fingerprint density at radius 1 is 1.25 bits per heavy atom. The van der Waals surface area contributed by atoms with Crippen molar-refractivity contribution >= 4 is 10.9 Å². The minimum absolute atomic E-state index is 0.786. The van der Waals surface area contributed by atoms with Gasteiger partial charge in [0.05, 0.1) is 5.52 Å². The van der Waals surface area contributed by atoms with Gasteiger partial charge in [0, 0.05) is 18.0 Å². The minimum Gasteiger partial charge on any atom is -0.240 e. The molecule has 2 nitrogen and oxygen atoms in total. The van der Waals surface area contributed by atoms with Crippen molar-refractivity contribution in [3.05, 3.63) is 42.7 Å². The lowest BCUT2D eigenvalue weighted by Crippen LogP contribution is -1.89. The molecule has 0 amide bonds. The van der Waals surface area contributed by atoms with Crippen LogP contribution in [0, 0.1) is 6.42 Å². The van der Waals surface area contributed by atoms with Crippen LogP contribution in [-0.2, 0) is 0 Å². The SMILES string of the molecule is C[CH]c1ncc2ccccc2n1. The van der Waals surface area contributed by atoms with Crippen molar-refractivity contribution in [1.29, 1.82) is 0 Å². The third-order valence-electron chi connectivity index (χ3n) is 1.77. The van der Waals surface area contributed by atoms with Crippen LogP contribution in [0.1, 0.15) is 12.7 Å². The summed E-state index contributed by atoms with van der Waals surface area (Å²) in [6, 6.07) is 7.97. The molecule has 0 fully saturated rings. The lowest BCUT2D eigenvalue weighted by Gasteiger charge is -1.97. The summed E-state index contributed by atoms with van der Waals surface area (Å²) in [6.07, 6.45) is 3.74. The molecule has 0 bridgehead atoms. The molecule has 0 aliphatic rings. The normalized spacial score (nSPS) is 10.4. The zero-order valence-corrected chi connectivity index (χ0v) is 6.86. The number of nitrogens with zero attached hydrogens (tertiary/aromatic N) is 2. The average Bonchev–Trinajstić information content (AvgIpc) is 2.17. The molecule has 0 saturated heterocycles. The molecule has 1 aromatic heterocycles. The number of hydrogen-bond donors (Lipinski definition) is 0. The van der Waals surface area contributed by atoms with Crippen LogP contribution in [0.2, 0.25) is 0 Å². The number of benzene rings is 1. The minimum atomic E-state index is 0.786. The molecular formula is C10H9N2. The quantitative estimate of drug-likeness (QED) is 0.634. The Bertz CT molecular complexity index is 396. The summed E-state index contributed by atoms with van der Waals surface area (Å²) in [4.78, 5) is 8.49. The molecule has 2 aromatic rings. The van der Waals surface area contributed by atoms with Gasteiger partial charge in [-0.1, -0.05) is 25.1 Å². The number of hydrogen-bond acceptors (Lipinski definition) is 2. The fraction of sp³-hybridized carbons (Fsp3) is 0.100. The van der Waals surface area contributed by atoms with Gasteiger partial charge in [0.2, 0.25) is 0 Å². The molecule has 1 heterocycles. The van der Waals surface area contributed by atoms with Gasteiger partial charge in [-0.2, -0.15) is 0 Å². The molecule has 0 N–H and O–H groups in total. The molecule has 2 rings (SSSR count). The van der Waals surface area contributed by atoms with Crippen LogP contribution in [0.5, 0.6) is 0 Å². The monoisotopic (exact) mass is 157 g/mol. The van der Waals surface area contributed by atoms with E-state index >= 15 is 0 Å². The van der Waals surface area contributed by atoms with Crippen molar-refractivity contribution in [2.75, 3.05) is 0 Å². The molecule has 1 radical (unpaired) electrons. The largest absolute Gasteiger partial charge is 0.240 e. The molecule has 0 atom stereocenters. The zero-order chi connectivity index (χ0) is 8.39. The first-order valence-electron chi connectivity index (χ1n) is 3.91. The molecule has 12 heavy (non-hydrogen) atoms. The predicted molar refractivity (Wildman–Crippen MR) is 48.6 cm³/mol. The molecule has 0 aliphatic carbocycles. The Balaban J connectivity index is 2.67. The molecule has 2 heteroatoms. The number of para-hydroxylation sites is 1. The van der Waals surface area contributed by atoms with E-state index in [1.165, 1.54) is 0 Å². The van der Waals surface area contributed by atoms with Crippen molar-refractivity contribution in [2.45, 2.75) is 6.92 Å². The third-order valence-corrected chi connectivity index (χ3v) is 1.77. The Morgan fingerprint density at radius 2 is 2.08 bits per heavy atom. The van der Waals surface area contributed by atoms with Crippen LogP contribution in [0.3, 0.4) is 0 Å². The van der Waals surface area contributed by atoms with E-state index in [9.17, 15) is 0 Å². The highest BCUT2D eigenvalue weighted by molar-refractivity contribution is 5.77. The van der Waals surface area contributed by atoms with Gasteiger partial charge in [0.25, 0.3) is 0 Å². The van der Waals surface area contributed by atoms with Gasteiger partial charge in [-0.3, -0.25) is 0 Å². The Kier molecular flexibility index (Phi) is 1.74. The first-order chi connectivity index (χ1) is 5.90. The fourth-order valence-corrected chi connectivity index (χ4v) is 1.13. The molecule has 1 aromatic carbocycles. The highest BCUT2D eigenvalue weighted by Crippen LogP contribution is 2.09. The van der Waals surface area contributed by atoms with E-state index in [2.05, 4.69) is 9.97 Å². The van der Waals surface area contributed by atoms with Crippen molar-refractivity contribution < 1.29 is 0 Å². The van der Waals surface area contributed by atoms with E-state index in [1.54, 1.807) is 0 Å². The highest BCUT2D eigenvalue weighted by Gasteiger charge is 1.95. The summed E-state index contributed by atoms with van der Waals surface area (Å²) < 4.78 is 0. The van der Waals surface area contributed by atoms with Crippen LogP contribution >= 0.6 is 0 Å².